The van der Waals surface area contributed by atoms with E-state index in [-0.39, 0.29) is 5.69 Å². The maximum Gasteiger partial charge on any atom is 0.283 e. The van der Waals surface area contributed by atoms with Crippen molar-refractivity contribution < 1.29 is 4.92 Å². The number of hydrogen-bond acceptors (Lipinski definition) is 3. The van der Waals surface area contributed by atoms with Gasteiger partial charge in [0.2, 0.25) is 0 Å². The van der Waals surface area contributed by atoms with Crippen LogP contribution in [0.15, 0.2) is 51.8 Å². The van der Waals surface area contributed by atoms with Crippen molar-refractivity contribution in [3.05, 3.63) is 67.6 Å². The Labute approximate surface area is 128 Å². The average molecular weight is 359 g/mol. The lowest BCUT2D eigenvalue weighted by Crippen LogP contribution is -1.92. The summed E-state index contributed by atoms with van der Waals surface area (Å²) in [5.74, 6) is 0.641. The van der Waals surface area contributed by atoms with E-state index in [1.165, 1.54) is 6.07 Å². The molecule has 0 saturated heterocycles. The molecule has 0 heterocycles. The van der Waals surface area contributed by atoms with Gasteiger partial charge in [-0.25, -0.2) is 0 Å². The number of nitro groups is 1. The van der Waals surface area contributed by atoms with Crippen LogP contribution in [0.3, 0.4) is 0 Å². The van der Waals surface area contributed by atoms with Crippen molar-refractivity contribution in [1.29, 1.82) is 0 Å². The molecule has 2 rings (SSSR count). The minimum atomic E-state index is -0.391. The monoisotopic (exact) mass is 357 g/mol. The molecule has 0 aliphatic heterocycles. The molecule has 98 valence electrons. The summed E-state index contributed by atoms with van der Waals surface area (Å²) < 4.78 is 0.537. The largest absolute Gasteiger partial charge is 0.283 e. The van der Waals surface area contributed by atoms with Crippen molar-refractivity contribution in [2.75, 3.05) is 0 Å². The Morgan fingerprint density at radius 1 is 1.26 bits per heavy atom. The number of rotatable bonds is 4. The molecule has 0 saturated carbocycles. The third-order valence-corrected chi connectivity index (χ3v) is 4.64. The minimum absolute atomic E-state index is 0.0872. The fourth-order valence-electron chi connectivity index (χ4n) is 1.54. The molecule has 0 aromatic heterocycles. The molecule has 0 fully saturated rings. The molecule has 0 bridgehead atoms. The molecule has 0 unspecified atom stereocenters. The highest BCUT2D eigenvalue weighted by Gasteiger charge is 2.14. The molecular weight excluding hydrogens is 350 g/mol. The first-order valence-electron chi connectivity index (χ1n) is 5.38. The summed E-state index contributed by atoms with van der Waals surface area (Å²) in [6.45, 7) is 0. The fourth-order valence-corrected chi connectivity index (χ4v) is 3.47. The van der Waals surface area contributed by atoms with Crippen molar-refractivity contribution >= 4 is 45.0 Å². The van der Waals surface area contributed by atoms with Crippen LogP contribution >= 0.6 is 39.3 Å². The van der Waals surface area contributed by atoms with Gasteiger partial charge in [0.15, 0.2) is 0 Å². The van der Waals surface area contributed by atoms with Gasteiger partial charge in [-0.2, -0.15) is 0 Å². The molecule has 0 spiro atoms. The van der Waals surface area contributed by atoms with E-state index in [2.05, 4.69) is 15.9 Å². The normalized spacial score (nSPS) is 10.4. The van der Waals surface area contributed by atoms with Gasteiger partial charge in [-0.1, -0.05) is 29.8 Å². The van der Waals surface area contributed by atoms with Crippen LogP contribution < -0.4 is 0 Å². The molecular formula is C13H9BrClNO2S. The summed E-state index contributed by atoms with van der Waals surface area (Å²) in [4.78, 5) is 11.5. The molecule has 0 amide bonds. The smallest absolute Gasteiger partial charge is 0.258 e. The van der Waals surface area contributed by atoms with E-state index in [1.54, 1.807) is 17.8 Å². The molecule has 2 aromatic carbocycles. The molecule has 3 nitrogen and oxygen atoms in total. The van der Waals surface area contributed by atoms with Crippen LogP contribution in [-0.4, -0.2) is 4.92 Å². The number of benzene rings is 2. The first-order chi connectivity index (χ1) is 9.08. The highest BCUT2D eigenvalue weighted by molar-refractivity contribution is 9.10. The van der Waals surface area contributed by atoms with Gasteiger partial charge in [-0.3, -0.25) is 10.1 Å². The zero-order valence-electron chi connectivity index (χ0n) is 9.68. The van der Waals surface area contributed by atoms with Crippen LogP contribution in [0.4, 0.5) is 5.69 Å². The predicted molar refractivity (Wildman–Crippen MR) is 81.8 cm³/mol. The van der Waals surface area contributed by atoms with Crippen LogP contribution in [-0.2, 0) is 5.75 Å². The van der Waals surface area contributed by atoms with Crippen molar-refractivity contribution in [2.45, 2.75) is 10.6 Å². The molecule has 6 heteroatoms. The Hall–Kier alpha value is -1.04. The zero-order chi connectivity index (χ0) is 13.8. The number of nitro benzene ring substituents is 1. The summed E-state index contributed by atoms with van der Waals surface area (Å²) in [6.07, 6.45) is 0. The molecule has 0 aliphatic rings. The Morgan fingerprint density at radius 3 is 2.68 bits per heavy atom. The fraction of sp³-hybridized carbons (Fsp3) is 0.0769. The van der Waals surface area contributed by atoms with Gasteiger partial charge in [-0.15, -0.1) is 11.8 Å². The Kier molecular flexibility index (Phi) is 4.85. The number of thioether (sulfide) groups is 1. The van der Waals surface area contributed by atoms with E-state index < -0.39 is 4.92 Å². The van der Waals surface area contributed by atoms with E-state index in [0.717, 1.165) is 10.5 Å². The van der Waals surface area contributed by atoms with Gasteiger partial charge in [0.05, 0.1) is 9.40 Å². The van der Waals surface area contributed by atoms with Gasteiger partial charge in [0.25, 0.3) is 5.69 Å². The number of nitrogens with zero attached hydrogens (tertiary/aromatic N) is 1. The Morgan fingerprint density at radius 2 is 2.00 bits per heavy atom. The molecule has 0 aliphatic carbocycles. The molecule has 0 radical (unpaired) electrons. The number of hydrogen-bond donors (Lipinski definition) is 0. The first-order valence-corrected chi connectivity index (χ1v) is 7.54. The maximum atomic E-state index is 10.8. The Balaban J connectivity index is 2.16. The van der Waals surface area contributed by atoms with Gasteiger partial charge in [0.1, 0.15) is 0 Å². The number of halogens is 2. The van der Waals surface area contributed by atoms with Crippen LogP contribution in [0.25, 0.3) is 0 Å². The molecule has 2 aromatic rings. The highest BCUT2D eigenvalue weighted by atomic mass is 79.9. The zero-order valence-corrected chi connectivity index (χ0v) is 12.8. The van der Waals surface area contributed by atoms with Gasteiger partial charge < -0.3 is 0 Å². The second kappa shape index (κ2) is 6.41. The minimum Gasteiger partial charge on any atom is -0.258 e. The van der Waals surface area contributed by atoms with E-state index in [0.29, 0.717) is 15.2 Å². The molecule has 0 N–H and O–H groups in total. The average Bonchev–Trinajstić information content (AvgIpc) is 2.37. The van der Waals surface area contributed by atoms with E-state index in [9.17, 15) is 10.1 Å². The Bertz CT molecular complexity index is 621. The van der Waals surface area contributed by atoms with Crippen LogP contribution in [0.1, 0.15) is 5.56 Å². The van der Waals surface area contributed by atoms with E-state index in [1.807, 2.05) is 30.3 Å². The van der Waals surface area contributed by atoms with Crippen LogP contribution in [0, 0.1) is 10.1 Å². The van der Waals surface area contributed by atoms with Crippen molar-refractivity contribution in [2.24, 2.45) is 0 Å². The lowest BCUT2D eigenvalue weighted by Gasteiger charge is -2.05. The quantitative estimate of drug-likeness (QED) is 0.423. The third kappa shape index (κ3) is 3.72. The van der Waals surface area contributed by atoms with Crippen molar-refractivity contribution in [1.82, 2.24) is 0 Å². The van der Waals surface area contributed by atoms with Crippen molar-refractivity contribution in [3.8, 4) is 0 Å². The summed E-state index contributed by atoms with van der Waals surface area (Å²) in [5, 5.41) is 11.5. The predicted octanol–water partition coefficient (Wildman–Crippen LogP) is 5.30. The van der Waals surface area contributed by atoms with Crippen molar-refractivity contribution in [3.63, 3.8) is 0 Å². The van der Waals surface area contributed by atoms with Gasteiger partial charge >= 0.3 is 0 Å². The van der Waals surface area contributed by atoms with E-state index >= 15 is 0 Å². The lowest BCUT2D eigenvalue weighted by molar-refractivity contribution is -0.385. The topological polar surface area (TPSA) is 43.1 Å². The third-order valence-electron chi connectivity index (χ3n) is 2.45. The van der Waals surface area contributed by atoms with E-state index in [4.69, 9.17) is 11.6 Å². The van der Waals surface area contributed by atoms with Gasteiger partial charge in [0, 0.05) is 21.7 Å². The van der Waals surface area contributed by atoms with Crippen LogP contribution in [0.5, 0.6) is 0 Å². The van der Waals surface area contributed by atoms with Crippen LogP contribution in [0.2, 0.25) is 5.02 Å². The summed E-state index contributed by atoms with van der Waals surface area (Å²) in [6, 6.07) is 12.6. The SMILES string of the molecule is O=[N+]([O-])c1cccc(CSc2cccc(Cl)c2)c1Br. The second-order valence-electron chi connectivity index (χ2n) is 3.75. The summed E-state index contributed by atoms with van der Waals surface area (Å²) in [7, 11) is 0. The molecule has 0 atom stereocenters. The van der Waals surface area contributed by atoms with Gasteiger partial charge in [-0.05, 0) is 39.7 Å². The highest BCUT2D eigenvalue weighted by Crippen LogP contribution is 2.33. The first kappa shape index (κ1) is 14.4. The lowest BCUT2D eigenvalue weighted by atomic mass is 10.2. The second-order valence-corrected chi connectivity index (χ2v) is 6.03. The maximum absolute atomic E-state index is 10.8. The standard InChI is InChI=1S/C13H9BrClNO2S/c14-13-9(3-1-6-12(13)16(17)18)8-19-11-5-2-4-10(15)7-11/h1-7H,8H2. The molecule has 19 heavy (non-hydrogen) atoms. The summed E-state index contributed by atoms with van der Waals surface area (Å²) >= 11 is 10.8. The summed E-state index contributed by atoms with van der Waals surface area (Å²) in [5.41, 5.74) is 0.975.